The molecule has 1 saturated heterocycles. The quantitative estimate of drug-likeness (QED) is 0.568. The molecule has 1 amide bonds. The highest BCUT2D eigenvalue weighted by molar-refractivity contribution is 5.96. The van der Waals surface area contributed by atoms with E-state index in [0.29, 0.717) is 55.3 Å². The first-order valence-corrected chi connectivity index (χ1v) is 11.6. The fourth-order valence-corrected chi connectivity index (χ4v) is 4.54. The van der Waals surface area contributed by atoms with E-state index < -0.39 is 5.82 Å². The van der Waals surface area contributed by atoms with Crippen molar-refractivity contribution in [1.82, 2.24) is 20.1 Å². The molecule has 0 aliphatic carbocycles. The topological polar surface area (TPSA) is 94.9 Å². The van der Waals surface area contributed by atoms with Crippen LogP contribution in [0.5, 0.6) is 0 Å². The Balaban J connectivity index is 1.54. The zero-order valence-electron chi connectivity index (χ0n) is 19.5. The van der Waals surface area contributed by atoms with Gasteiger partial charge >= 0.3 is 0 Å². The minimum Gasteiger partial charge on any atom is -0.384 e. The summed E-state index contributed by atoms with van der Waals surface area (Å²) in [5, 5.41) is 17.8. The lowest BCUT2D eigenvalue weighted by Crippen LogP contribution is -2.38. The summed E-state index contributed by atoms with van der Waals surface area (Å²) in [5.41, 5.74) is 3.18. The van der Waals surface area contributed by atoms with Gasteiger partial charge in [-0.1, -0.05) is 25.1 Å². The summed E-state index contributed by atoms with van der Waals surface area (Å²) >= 11 is 0. The van der Waals surface area contributed by atoms with E-state index >= 15 is 4.39 Å². The number of hydrogen-bond acceptors (Lipinski definition) is 5. The lowest BCUT2D eigenvalue weighted by Gasteiger charge is -2.32. The van der Waals surface area contributed by atoms with Crippen LogP contribution in [0.3, 0.4) is 0 Å². The first-order chi connectivity index (χ1) is 16.5. The molecule has 34 heavy (non-hydrogen) atoms. The lowest BCUT2D eigenvalue weighted by molar-refractivity contribution is 0.0708. The molecule has 3 aromatic rings. The number of halogens is 1. The second-order valence-electron chi connectivity index (χ2n) is 8.47. The van der Waals surface area contributed by atoms with Crippen molar-refractivity contribution in [3.63, 3.8) is 0 Å². The number of aromatic amines is 1. The van der Waals surface area contributed by atoms with Gasteiger partial charge in [0, 0.05) is 32.2 Å². The fraction of sp³-hybridized carbons (Fsp3) is 0.385. The van der Waals surface area contributed by atoms with Crippen molar-refractivity contribution in [2.75, 3.05) is 26.8 Å². The summed E-state index contributed by atoms with van der Waals surface area (Å²) in [5.74, 6) is 0.552. The highest BCUT2D eigenvalue weighted by Gasteiger charge is 2.28. The summed E-state index contributed by atoms with van der Waals surface area (Å²) in [6, 6.07) is 12.9. The monoisotopic (exact) mass is 461 g/mol. The van der Waals surface area contributed by atoms with Crippen molar-refractivity contribution in [3.8, 4) is 17.5 Å². The summed E-state index contributed by atoms with van der Waals surface area (Å²) < 4.78 is 20.1. The molecule has 0 unspecified atom stereocenters. The Bertz CT molecular complexity index is 1210. The Morgan fingerprint density at radius 3 is 2.74 bits per heavy atom. The van der Waals surface area contributed by atoms with Crippen LogP contribution < -0.4 is 0 Å². The van der Waals surface area contributed by atoms with E-state index in [4.69, 9.17) is 4.74 Å². The molecule has 0 spiro atoms. The van der Waals surface area contributed by atoms with Crippen LogP contribution >= 0.6 is 0 Å². The normalized spacial score (nSPS) is 14.2. The number of hydrogen-bond donors (Lipinski definition) is 1. The number of rotatable bonds is 7. The number of methoxy groups -OCH3 is 1. The Labute approximate surface area is 198 Å². The van der Waals surface area contributed by atoms with E-state index in [9.17, 15) is 10.1 Å². The van der Waals surface area contributed by atoms with E-state index in [1.165, 1.54) is 6.07 Å². The summed E-state index contributed by atoms with van der Waals surface area (Å²) in [7, 11) is 1.62. The highest BCUT2D eigenvalue weighted by atomic mass is 19.1. The minimum atomic E-state index is -0.526. The third-order valence-electron chi connectivity index (χ3n) is 6.44. The van der Waals surface area contributed by atoms with E-state index in [-0.39, 0.29) is 17.4 Å². The molecule has 176 valence electrons. The lowest BCUT2D eigenvalue weighted by atomic mass is 9.86. The van der Waals surface area contributed by atoms with E-state index in [1.807, 2.05) is 31.2 Å². The van der Waals surface area contributed by atoms with E-state index in [1.54, 1.807) is 18.1 Å². The molecule has 0 bridgehead atoms. The smallest absolute Gasteiger partial charge is 0.256 e. The van der Waals surface area contributed by atoms with Crippen LogP contribution in [0, 0.1) is 17.1 Å². The summed E-state index contributed by atoms with van der Waals surface area (Å²) in [6.45, 7) is 3.47. The number of nitrogens with zero attached hydrogens (tertiary/aromatic N) is 4. The van der Waals surface area contributed by atoms with Crippen LogP contribution in [0.1, 0.15) is 58.6 Å². The Morgan fingerprint density at radius 1 is 1.26 bits per heavy atom. The predicted octanol–water partition coefficient (Wildman–Crippen LogP) is 4.25. The SMILES string of the molecule is CCc1cc(F)c(C(=O)N2CCC(c3ccccc3C#N)CC2)cc1-c1nnc(CCOC)[nH]1. The van der Waals surface area contributed by atoms with Crippen molar-refractivity contribution in [1.29, 1.82) is 5.26 Å². The summed E-state index contributed by atoms with van der Waals surface area (Å²) in [6.07, 6.45) is 2.65. The molecule has 1 fully saturated rings. The molecule has 2 aromatic carbocycles. The predicted molar refractivity (Wildman–Crippen MR) is 126 cm³/mol. The van der Waals surface area contributed by atoms with Crippen LogP contribution in [0.15, 0.2) is 36.4 Å². The van der Waals surface area contributed by atoms with Crippen LogP contribution in [0.2, 0.25) is 0 Å². The zero-order chi connectivity index (χ0) is 24.1. The molecular formula is C26H28FN5O2. The number of ether oxygens (including phenoxy) is 1. The van der Waals surface area contributed by atoms with Crippen LogP contribution in [-0.4, -0.2) is 52.8 Å². The van der Waals surface area contributed by atoms with Gasteiger partial charge < -0.3 is 14.6 Å². The van der Waals surface area contributed by atoms with Crippen molar-refractivity contribution >= 4 is 5.91 Å². The number of piperidine rings is 1. The Kier molecular flexibility index (Phi) is 7.33. The third kappa shape index (κ3) is 4.85. The van der Waals surface area contributed by atoms with Gasteiger partial charge in [0.05, 0.1) is 23.8 Å². The van der Waals surface area contributed by atoms with Gasteiger partial charge in [0.15, 0.2) is 5.82 Å². The maximum atomic E-state index is 15.0. The van der Waals surface area contributed by atoms with E-state index in [2.05, 4.69) is 21.3 Å². The average molecular weight is 462 g/mol. The third-order valence-corrected chi connectivity index (χ3v) is 6.44. The van der Waals surface area contributed by atoms with Gasteiger partial charge in [-0.05, 0) is 54.5 Å². The molecule has 4 rings (SSSR count). The molecule has 1 N–H and O–H groups in total. The number of carbonyl (C=O) groups excluding carboxylic acids is 1. The number of amides is 1. The number of benzene rings is 2. The Morgan fingerprint density at radius 2 is 2.03 bits per heavy atom. The van der Waals surface area contributed by atoms with Gasteiger partial charge in [-0.3, -0.25) is 4.79 Å². The van der Waals surface area contributed by atoms with Crippen molar-refractivity contribution < 1.29 is 13.9 Å². The number of aromatic nitrogens is 3. The second-order valence-corrected chi connectivity index (χ2v) is 8.47. The standard InChI is InChI=1S/C26H28FN5O2/c1-3-17-14-23(27)22(15-21(17)25-29-24(30-31-25)10-13-34-2)26(33)32-11-8-18(9-12-32)20-7-5-4-6-19(20)16-28/h4-7,14-15,18H,3,8-13H2,1-2H3,(H,29,30,31). The van der Waals surface area contributed by atoms with Gasteiger partial charge in [-0.25, -0.2) is 4.39 Å². The second kappa shape index (κ2) is 10.6. The number of H-pyrrole nitrogens is 1. The van der Waals surface area contributed by atoms with Crippen molar-refractivity contribution in [2.45, 2.75) is 38.5 Å². The average Bonchev–Trinajstić information content (AvgIpc) is 3.35. The molecule has 0 radical (unpaired) electrons. The van der Waals surface area contributed by atoms with Gasteiger partial charge in [0.2, 0.25) is 0 Å². The molecular weight excluding hydrogens is 433 g/mol. The highest BCUT2D eigenvalue weighted by Crippen LogP contribution is 2.32. The maximum absolute atomic E-state index is 15.0. The maximum Gasteiger partial charge on any atom is 0.256 e. The van der Waals surface area contributed by atoms with Crippen molar-refractivity contribution in [2.24, 2.45) is 0 Å². The number of nitriles is 1. The molecule has 1 aromatic heterocycles. The van der Waals surface area contributed by atoms with Gasteiger partial charge in [0.25, 0.3) is 5.91 Å². The largest absolute Gasteiger partial charge is 0.384 e. The van der Waals surface area contributed by atoms with Gasteiger partial charge in [-0.2, -0.15) is 5.26 Å². The molecule has 1 aliphatic heterocycles. The molecule has 2 heterocycles. The molecule has 0 saturated carbocycles. The molecule has 7 nitrogen and oxygen atoms in total. The van der Waals surface area contributed by atoms with Crippen LogP contribution in [0.4, 0.5) is 4.39 Å². The minimum absolute atomic E-state index is 0.0397. The van der Waals surface area contributed by atoms with Crippen LogP contribution in [0.25, 0.3) is 11.4 Å². The zero-order valence-corrected chi connectivity index (χ0v) is 19.5. The molecule has 0 atom stereocenters. The fourth-order valence-electron chi connectivity index (χ4n) is 4.54. The Hall–Kier alpha value is -3.57. The van der Waals surface area contributed by atoms with Crippen molar-refractivity contribution in [3.05, 3.63) is 70.3 Å². The van der Waals surface area contributed by atoms with Gasteiger partial charge in [0.1, 0.15) is 11.6 Å². The van der Waals surface area contributed by atoms with E-state index in [0.717, 1.165) is 24.0 Å². The van der Waals surface area contributed by atoms with Crippen LogP contribution in [-0.2, 0) is 17.6 Å². The molecule has 1 aliphatic rings. The number of nitrogens with one attached hydrogen (secondary N) is 1. The summed E-state index contributed by atoms with van der Waals surface area (Å²) in [4.78, 5) is 18.1. The number of aryl methyl sites for hydroxylation is 1. The molecule has 8 heteroatoms. The first kappa shape index (κ1) is 23.6. The number of carbonyl (C=O) groups is 1. The first-order valence-electron chi connectivity index (χ1n) is 11.6. The number of likely N-dealkylation sites (tertiary alicyclic amines) is 1. The van der Waals surface area contributed by atoms with Gasteiger partial charge in [-0.15, -0.1) is 10.2 Å².